The second kappa shape index (κ2) is 9.42. The molecule has 2 N–H and O–H groups in total. The van der Waals surface area contributed by atoms with Gasteiger partial charge in [-0.3, -0.25) is 9.69 Å². The Morgan fingerprint density at radius 1 is 1.06 bits per heavy atom. The molecular weight excluding hydrogens is 448 g/mol. The molecule has 1 amide bonds. The number of benzene rings is 3. The molecule has 0 aliphatic rings. The third-order valence-electron chi connectivity index (χ3n) is 5.02. The van der Waals surface area contributed by atoms with Crippen molar-refractivity contribution in [1.29, 1.82) is 0 Å². The van der Waals surface area contributed by atoms with Gasteiger partial charge in [-0.05, 0) is 56.3 Å². The van der Waals surface area contributed by atoms with Gasteiger partial charge in [0.25, 0.3) is 0 Å². The summed E-state index contributed by atoms with van der Waals surface area (Å²) < 4.78 is 0. The van der Waals surface area contributed by atoms with E-state index in [0.717, 1.165) is 22.2 Å². The summed E-state index contributed by atoms with van der Waals surface area (Å²) in [6, 6.07) is 20.2. The highest BCUT2D eigenvalue weighted by atomic mass is 35.5. The van der Waals surface area contributed by atoms with Crippen LogP contribution in [0.25, 0.3) is 10.9 Å². The number of phenolic OH excluding ortho intramolecular Hbond substituents is 1. The number of anilines is 3. The first-order chi connectivity index (χ1) is 16.2. The van der Waals surface area contributed by atoms with Crippen molar-refractivity contribution in [3.63, 3.8) is 0 Å². The van der Waals surface area contributed by atoms with E-state index in [1.807, 2.05) is 67.3 Å². The fourth-order valence-electron chi connectivity index (χ4n) is 3.63. The van der Waals surface area contributed by atoms with Gasteiger partial charge in [0.15, 0.2) is 0 Å². The number of halogens is 1. The Balaban J connectivity index is 1.89. The van der Waals surface area contributed by atoms with Crippen LogP contribution in [0, 0.1) is 11.8 Å². The molecule has 34 heavy (non-hydrogen) atoms. The number of para-hydroxylation sites is 1. The maximum absolute atomic E-state index is 11.5. The Morgan fingerprint density at radius 2 is 1.82 bits per heavy atom. The molecule has 0 unspecified atom stereocenters. The third-order valence-corrected chi connectivity index (χ3v) is 5.32. The number of fused-ring (bicyclic) bond motifs is 1. The molecule has 0 atom stereocenters. The number of carbonyl (C=O) groups is 1. The van der Waals surface area contributed by atoms with Gasteiger partial charge in [0.05, 0.1) is 21.8 Å². The summed E-state index contributed by atoms with van der Waals surface area (Å²) >= 11 is 6.55. The molecule has 0 spiro atoms. The van der Waals surface area contributed by atoms with Gasteiger partial charge in [0.2, 0.25) is 5.91 Å². The van der Waals surface area contributed by atoms with Gasteiger partial charge in [-0.2, -0.15) is 0 Å². The normalized spacial score (nSPS) is 10.9. The summed E-state index contributed by atoms with van der Waals surface area (Å²) in [6.07, 6.45) is 1.51. The first-order valence-electron chi connectivity index (χ1n) is 10.6. The van der Waals surface area contributed by atoms with E-state index in [0.29, 0.717) is 16.5 Å². The van der Waals surface area contributed by atoms with Gasteiger partial charge in [-0.1, -0.05) is 41.6 Å². The van der Waals surface area contributed by atoms with Crippen LogP contribution < -0.4 is 10.2 Å². The highest BCUT2D eigenvalue weighted by Crippen LogP contribution is 2.41. The van der Waals surface area contributed by atoms with Crippen molar-refractivity contribution in [3.05, 3.63) is 83.6 Å². The maximum Gasteiger partial charge on any atom is 0.218 e. The molecule has 0 radical (unpaired) electrons. The molecule has 7 heteroatoms. The first-order valence-corrected chi connectivity index (χ1v) is 11.0. The van der Waals surface area contributed by atoms with Crippen molar-refractivity contribution >= 4 is 45.6 Å². The minimum Gasteiger partial charge on any atom is -0.508 e. The van der Waals surface area contributed by atoms with E-state index < -0.39 is 5.54 Å². The highest BCUT2D eigenvalue weighted by molar-refractivity contribution is 6.33. The van der Waals surface area contributed by atoms with Crippen LogP contribution in [0.15, 0.2) is 73.1 Å². The van der Waals surface area contributed by atoms with Crippen molar-refractivity contribution in [1.82, 2.24) is 15.3 Å². The molecule has 0 saturated heterocycles. The number of hydrogen-bond acceptors (Lipinski definition) is 5. The van der Waals surface area contributed by atoms with Crippen molar-refractivity contribution < 1.29 is 9.90 Å². The lowest BCUT2D eigenvalue weighted by Gasteiger charge is -2.26. The lowest BCUT2D eigenvalue weighted by atomic mass is 10.0. The SMILES string of the molecule is CC(=O)NC(C)(C)C#Cc1ccc2ncnc(N(c3ccccc3)c3ccc(O)cc3Cl)c2c1. The zero-order valence-electron chi connectivity index (χ0n) is 19.0. The molecule has 170 valence electrons. The Hall–Kier alpha value is -4.08. The molecule has 0 aliphatic heterocycles. The van der Waals surface area contributed by atoms with Gasteiger partial charge >= 0.3 is 0 Å². The van der Waals surface area contributed by atoms with Crippen molar-refractivity contribution in [3.8, 4) is 17.6 Å². The van der Waals surface area contributed by atoms with E-state index >= 15 is 0 Å². The van der Waals surface area contributed by atoms with Gasteiger partial charge in [-0.15, -0.1) is 0 Å². The van der Waals surface area contributed by atoms with E-state index in [1.54, 1.807) is 12.1 Å². The van der Waals surface area contributed by atoms with Crippen molar-refractivity contribution in [2.24, 2.45) is 0 Å². The van der Waals surface area contributed by atoms with Crippen LogP contribution in [0.2, 0.25) is 5.02 Å². The molecule has 1 heterocycles. The van der Waals surface area contributed by atoms with E-state index in [-0.39, 0.29) is 11.7 Å². The van der Waals surface area contributed by atoms with Gasteiger partial charge in [0, 0.05) is 29.6 Å². The summed E-state index contributed by atoms with van der Waals surface area (Å²) in [4.78, 5) is 22.4. The van der Waals surface area contributed by atoms with Crippen LogP contribution in [0.4, 0.5) is 17.2 Å². The Kier molecular flexibility index (Phi) is 6.40. The number of aromatic hydroxyl groups is 1. The monoisotopic (exact) mass is 470 g/mol. The second-order valence-corrected chi connectivity index (χ2v) is 8.70. The third kappa shape index (κ3) is 5.11. The molecule has 3 aromatic carbocycles. The highest BCUT2D eigenvalue weighted by Gasteiger charge is 2.20. The number of nitrogens with zero attached hydrogens (tertiary/aromatic N) is 3. The average Bonchev–Trinajstić information content (AvgIpc) is 2.79. The molecular formula is C27H23ClN4O2. The molecule has 0 fully saturated rings. The van der Waals surface area contributed by atoms with Crippen molar-refractivity contribution in [2.75, 3.05) is 4.90 Å². The predicted octanol–water partition coefficient (Wildman–Crippen LogP) is 5.72. The lowest BCUT2D eigenvalue weighted by Crippen LogP contribution is -2.40. The van der Waals surface area contributed by atoms with E-state index in [4.69, 9.17) is 11.6 Å². The Morgan fingerprint density at radius 3 is 2.53 bits per heavy atom. The number of rotatable bonds is 4. The summed E-state index contributed by atoms with van der Waals surface area (Å²) in [5.41, 5.74) is 2.33. The molecule has 0 saturated carbocycles. The minimum atomic E-state index is -0.674. The fourth-order valence-corrected chi connectivity index (χ4v) is 3.89. The molecule has 4 aromatic rings. The number of amides is 1. The standard InChI is InChI=1S/C27H23ClN4O2/c1-18(33)31-27(2,3)14-13-19-9-11-24-22(15-19)26(30-17-29-24)32(20-7-5-4-6-8-20)25-12-10-21(34)16-23(25)28/h4-12,15-17,34H,1-3H3,(H,31,33). The maximum atomic E-state index is 11.5. The fraction of sp³-hybridized carbons (Fsp3) is 0.148. The van der Waals surface area contributed by atoms with Crippen LogP contribution in [0.3, 0.4) is 0 Å². The lowest BCUT2D eigenvalue weighted by molar-refractivity contribution is -0.119. The Bertz CT molecular complexity index is 1430. The quantitative estimate of drug-likeness (QED) is 0.373. The summed E-state index contributed by atoms with van der Waals surface area (Å²) in [7, 11) is 0. The molecule has 4 rings (SSSR count). The Labute approximate surface area is 203 Å². The zero-order valence-corrected chi connectivity index (χ0v) is 19.8. The molecule has 0 bridgehead atoms. The zero-order chi connectivity index (χ0) is 24.3. The van der Waals surface area contributed by atoms with Crippen molar-refractivity contribution in [2.45, 2.75) is 26.3 Å². The summed E-state index contributed by atoms with van der Waals surface area (Å²) in [6.45, 7) is 5.16. The van der Waals surface area contributed by atoms with Crippen LogP contribution in [-0.2, 0) is 4.79 Å². The van der Waals surface area contributed by atoms with E-state index in [1.165, 1.54) is 19.3 Å². The molecule has 6 nitrogen and oxygen atoms in total. The number of phenols is 1. The average molecular weight is 471 g/mol. The second-order valence-electron chi connectivity index (χ2n) is 8.29. The van der Waals surface area contributed by atoms with Crippen LogP contribution >= 0.6 is 11.6 Å². The number of nitrogens with one attached hydrogen (secondary N) is 1. The topological polar surface area (TPSA) is 78.4 Å². The van der Waals surface area contributed by atoms with Crippen LogP contribution in [-0.4, -0.2) is 26.5 Å². The largest absolute Gasteiger partial charge is 0.508 e. The molecule has 0 aliphatic carbocycles. The molecule has 1 aromatic heterocycles. The van der Waals surface area contributed by atoms with Gasteiger partial charge in [-0.25, -0.2) is 9.97 Å². The van der Waals surface area contributed by atoms with E-state index in [2.05, 4.69) is 27.1 Å². The first kappa shape index (κ1) is 23.1. The van der Waals surface area contributed by atoms with Gasteiger partial charge < -0.3 is 10.4 Å². The number of hydrogen-bond donors (Lipinski definition) is 2. The number of carbonyl (C=O) groups excluding carboxylic acids is 1. The summed E-state index contributed by atoms with van der Waals surface area (Å²) in [5.74, 6) is 6.82. The van der Waals surface area contributed by atoms with E-state index in [9.17, 15) is 9.90 Å². The predicted molar refractivity (Wildman–Crippen MR) is 136 cm³/mol. The smallest absolute Gasteiger partial charge is 0.218 e. The summed E-state index contributed by atoms with van der Waals surface area (Å²) in [5, 5.41) is 13.9. The van der Waals surface area contributed by atoms with Crippen LogP contribution in [0.5, 0.6) is 5.75 Å². The van der Waals surface area contributed by atoms with Crippen LogP contribution in [0.1, 0.15) is 26.3 Å². The minimum absolute atomic E-state index is 0.0775. The van der Waals surface area contributed by atoms with Gasteiger partial charge in [0.1, 0.15) is 17.9 Å². The number of aromatic nitrogens is 2.